The first kappa shape index (κ1) is 30.5. The highest BCUT2D eigenvalue weighted by atomic mass is 19.4. The first-order valence-electron chi connectivity index (χ1n) is 11.4. The van der Waals surface area contributed by atoms with Crippen LogP contribution in [0.5, 0.6) is 0 Å². The number of nitrogens with zero attached hydrogens (tertiary/aromatic N) is 6. The van der Waals surface area contributed by atoms with Crippen LogP contribution in [0.15, 0.2) is 42.9 Å². The minimum atomic E-state index is -5.08. The maximum absolute atomic E-state index is 10.6. The molecule has 0 aromatic carbocycles. The number of aromatic nitrogens is 5. The first-order valence-corrected chi connectivity index (χ1v) is 11.4. The van der Waals surface area contributed by atoms with Gasteiger partial charge in [0.05, 0.1) is 31.5 Å². The van der Waals surface area contributed by atoms with E-state index in [-0.39, 0.29) is 11.7 Å². The van der Waals surface area contributed by atoms with Crippen LogP contribution in [0.4, 0.5) is 32.2 Å². The summed E-state index contributed by atoms with van der Waals surface area (Å²) < 4.78 is 77.4. The second kappa shape index (κ2) is 12.4. The summed E-state index contributed by atoms with van der Waals surface area (Å²) in [5, 5.41) is 26.7. The van der Waals surface area contributed by atoms with Crippen LogP contribution >= 0.6 is 0 Å². The van der Waals surface area contributed by atoms with Crippen LogP contribution < -0.4 is 4.90 Å². The number of pyridine rings is 1. The lowest BCUT2D eigenvalue weighted by molar-refractivity contribution is -0.193. The van der Waals surface area contributed by atoms with Gasteiger partial charge in [0.1, 0.15) is 17.7 Å². The summed E-state index contributed by atoms with van der Waals surface area (Å²) in [4.78, 5) is 24.3. The molecule has 2 N–H and O–H groups in total. The van der Waals surface area contributed by atoms with E-state index in [4.69, 9.17) is 29.3 Å². The Morgan fingerprint density at radius 3 is 2.27 bits per heavy atom. The van der Waals surface area contributed by atoms with Crippen molar-refractivity contribution in [1.82, 2.24) is 24.8 Å². The van der Waals surface area contributed by atoms with Crippen molar-refractivity contribution in [3.63, 3.8) is 0 Å². The Balaban J connectivity index is 0.000000263. The fourth-order valence-electron chi connectivity index (χ4n) is 3.73. The van der Waals surface area contributed by atoms with Crippen LogP contribution in [-0.2, 0) is 25.7 Å². The number of halogens is 6. The molecule has 2 fully saturated rings. The number of aliphatic carboxylic acids is 2. The number of carboxylic acid groups (broad SMARTS) is 2. The van der Waals surface area contributed by atoms with Crippen LogP contribution in [0.3, 0.4) is 0 Å². The van der Waals surface area contributed by atoms with Crippen molar-refractivity contribution < 1.29 is 55.6 Å². The van der Waals surface area contributed by atoms with Gasteiger partial charge in [-0.05, 0) is 30.7 Å². The summed E-state index contributed by atoms with van der Waals surface area (Å²) in [5.74, 6) is -4.59. The quantitative estimate of drug-likeness (QED) is 0.438. The van der Waals surface area contributed by atoms with E-state index in [1.165, 1.54) is 0 Å². The van der Waals surface area contributed by atoms with Gasteiger partial charge in [0, 0.05) is 19.2 Å². The number of carbonyl (C=O) groups is 2. The predicted octanol–water partition coefficient (Wildman–Crippen LogP) is 2.74. The van der Waals surface area contributed by atoms with E-state index in [0.717, 1.165) is 49.7 Å². The molecule has 1 unspecified atom stereocenters. The molecule has 12 nitrogen and oxygen atoms in total. The molecule has 5 heterocycles. The highest BCUT2D eigenvalue weighted by Crippen LogP contribution is 2.37. The maximum Gasteiger partial charge on any atom is 0.490 e. The molecule has 218 valence electrons. The minimum Gasteiger partial charge on any atom is -0.475 e. The number of rotatable bonds is 4. The van der Waals surface area contributed by atoms with Gasteiger partial charge >= 0.3 is 24.3 Å². The number of ether oxygens (including phenoxy) is 2. The average Bonchev–Trinajstić information content (AvgIpc) is 3.34. The normalized spacial score (nSPS) is 18.1. The van der Waals surface area contributed by atoms with Crippen molar-refractivity contribution in [1.29, 1.82) is 0 Å². The minimum absolute atomic E-state index is 0.128. The van der Waals surface area contributed by atoms with E-state index in [9.17, 15) is 26.3 Å². The molecule has 0 amide bonds. The van der Waals surface area contributed by atoms with Gasteiger partial charge < -0.3 is 24.6 Å². The van der Waals surface area contributed by atoms with Crippen molar-refractivity contribution in [2.75, 3.05) is 24.6 Å². The number of fused-ring (bicyclic) bond motifs is 1. The zero-order valence-corrected chi connectivity index (χ0v) is 20.3. The molecular formula is C22H22F6N6O6. The van der Waals surface area contributed by atoms with E-state index in [1.807, 2.05) is 30.3 Å². The number of carboxylic acids is 2. The van der Waals surface area contributed by atoms with Crippen LogP contribution in [0.2, 0.25) is 0 Å². The SMILES string of the molecule is O=C(O)C(F)(F)F.O=C(O)C(F)(F)F.c1ccc(COC2CCOC3(C2)CN(c2ccc4nncn4n2)C3)nc1. The molecule has 2 saturated heterocycles. The maximum atomic E-state index is 10.6. The monoisotopic (exact) mass is 580 g/mol. The van der Waals surface area contributed by atoms with Crippen molar-refractivity contribution in [3.05, 3.63) is 48.5 Å². The lowest BCUT2D eigenvalue weighted by atomic mass is 9.84. The molecule has 1 atom stereocenters. The zero-order valence-electron chi connectivity index (χ0n) is 20.3. The molecule has 3 aromatic heterocycles. The van der Waals surface area contributed by atoms with Gasteiger partial charge in [0.25, 0.3) is 0 Å². The number of alkyl halides is 6. The van der Waals surface area contributed by atoms with Gasteiger partial charge in [-0.15, -0.1) is 15.3 Å². The van der Waals surface area contributed by atoms with Gasteiger partial charge in [-0.3, -0.25) is 4.98 Å². The summed E-state index contributed by atoms with van der Waals surface area (Å²) >= 11 is 0. The molecule has 0 aliphatic carbocycles. The predicted molar refractivity (Wildman–Crippen MR) is 121 cm³/mol. The lowest BCUT2D eigenvalue weighted by Crippen LogP contribution is -2.66. The molecule has 18 heteroatoms. The Hall–Kier alpha value is -4.06. The highest BCUT2D eigenvalue weighted by molar-refractivity contribution is 5.73. The fourth-order valence-corrected chi connectivity index (χ4v) is 3.73. The van der Waals surface area contributed by atoms with E-state index < -0.39 is 24.3 Å². The molecule has 0 radical (unpaired) electrons. The first-order chi connectivity index (χ1) is 18.7. The lowest BCUT2D eigenvalue weighted by Gasteiger charge is -2.53. The Kier molecular flexibility index (Phi) is 9.46. The molecule has 0 saturated carbocycles. The number of anilines is 1. The van der Waals surface area contributed by atoms with Crippen LogP contribution in [0, 0.1) is 0 Å². The third-order valence-electron chi connectivity index (χ3n) is 5.56. The average molecular weight is 580 g/mol. The number of hydrogen-bond acceptors (Lipinski definition) is 9. The molecule has 40 heavy (non-hydrogen) atoms. The summed E-state index contributed by atoms with van der Waals surface area (Å²) in [7, 11) is 0. The zero-order chi connectivity index (χ0) is 29.6. The molecule has 3 aromatic rings. The molecule has 0 bridgehead atoms. The van der Waals surface area contributed by atoms with Crippen molar-refractivity contribution in [3.8, 4) is 0 Å². The molecule has 2 aliphatic rings. The highest BCUT2D eigenvalue weighted by Gasteiger charge is 2.48. The van der Waals surface area contributed by atoms with Gasteiger partial charge in [-0.25, -0.2) is 9.59 Å². The molecule has 5 rings (SSSR count). The van der Waals surface area contributed by atoms with E-state index >= 15 is 0 Å². The van der Waals surface area contributed by atoms with E-state index in [0.29, 0.717) is 6.61 Å². The van der Waals surface area contributed by atoms with Gasteiger partial charge in [0.15, 0.2) is 5.65 Å². The molecular weight excluding hydrogens is 558 g/mol. The van der Waals surface area contributed by atoms with E-state index in [2.05, 4.69) is 25.2 Å². The van der Waals surface area contributed by atoms with Gasteiger partial charge in [0.2, 0.25) is 0 Å². The summed E-state index contributed by atoms with van der Waals surface area (Å²) in [6.45, 7) is 2.95. The largest absolute Gasteiger partial charge is 0.490 e. The van der Waals surface area contributed by atoms with Crippen LogP contribution in [0.1, 0.15) is 18.5 Å². The second-order valence-corrected chi connectivity index (χ2v) is 8.57. The smallest absolute Gasteiger partial charge is 0.475 e. The third kappa shape index (κ3) is 8.47. The Morgan fingerprint density at radius 1 is 1.05 bits per heavy atom. The summed E-state index contributed by atoms with van der Waals surface area (Å²) in [5.41, 5.74) is 1.59. The Morgan fingerprint density at radius 2 is 1.70 bits per heavy atom. The van der Waals surface area contributed by atoms with Crippen molar-refractivity contribution >= 4 is 23.4 Å². The topological polar surface area (TPSA) is 152 Å². The Labute approximate surface area is 221 Å². The van der Waals surface area contributed by atoms with Crippen LogP contribution in [0.25, 0.3) is 5.65 Å². The molecule has 2 aliphatic heterocycles. The van der Waals surface area contributed by atoms with Crippen LogP contribution in [-0.4, -0.2) is 90.7 Å². The van der Waals surface area contributed by atoms with Gasteiger partial charge in [-0.2, -0.15) is 30.9 Å². The van der Waals surface area contributed by atoms with Crippen molar-refractivity contribution in [2.45, 2.75) is 43.5 Å². The number of hydrogen-bond donors (Lipinski definition) is 2. The Bertz CT molecular complexity index is 1260. The van der Waals surface area contributed by atoms with Gasteiger partial charge in [-0.1, -0.05) is 6.07 Å². The summed E-state index contributed by atoms with van der Waals surface area (Å²) in [6, 6.07) is 9.81. The fraction of sp³-hybridized carbons (Fsp3) is 0.455. The standard InChI is InChI=1S/C18H20N6O2.2C2HF3O2/c1-2-7-19-14(3-1)10-25-15-6-8-26-18(9-15)11-23(12-18)17-5-4-16-21-20-13-24(16)22-17;2*3-2(4,5)1(6)7/h1-5,7,13,15H,6,8-12H2;2*(H,6,7). The second-order valence-electron chi connectivity index (χ2n) is 8.57. The summed E-state index contributed by atoms with van der Waals surface area (Å²) in [6.07, 6.45) is -4.70. The molecule has 1 spiro atoms. The van der Waals surface area contributed by atoms with Crippen molar-refractivity contribution in [2.24, 2.45) is 0 Å². The third-order valence-corrected chi connectivity index (χ3v) is 5.56. The van der Waals surface area contributed by atoms with E-state index in [1.54, 1.807) is 17.0 Å².